The normalized spacial score (nSPS) is 23.1. The Labute approximate surface area is 207 Å². The van der Waals surface area contributed by atoms with Crippen LogP contribution < -0.4 is 10.2 Å². The third-order valence-corrected chi connectivity index (χ3v) is 8.08. The smallest absolute Gasteiger partial charge is 0.317 e. The van der Waals surface area contributed by atoms with Crippen LogP contribution in [0.1, 0.15) is 44.9 Å². The summed E-state index contributed by atoms with van der Waals surface area (Å²) in [6.07, 6.45) is 6.82. The first-order valence-electron chi connectivity index (χ1n) is 13.1. The first kappa shape index (κ1) is 23.9. The molecule has 0 bridgehead atoms. The van der Waals surface area contributed by atoms with Crippen LogP contribution in [0.5, 0.6) is 0 Å². The van der Waals surface area contributed by atoms with Gasteiger partial charge in [-0.2, -0.15) is 0 Å². The summed E-state index contributed by atoms with van der Waals surface area (Å²) >= 11 is 0. The van der Waals surface area contributed by atoms with E-state index in [4.69, 9.17) is 4.74 Å². The first-order chi connectivity index (χ1) is 17.1. The lowest BCUT2D eigenvalue weighted by atomic mass is 9.85. The highest BCUT2D eigenvalue weighted by Gasteiger charge is 2.54. The number of amides is 4. The maximum atomic E-state index is 13.8. The average Bonchev–Trinajstić information content (AvgIpc) is 3.16. The van der Waals surface area contributed by atoms with Crippen molar-refractivity contribution in [2.45, 2.75) is 56.5 Å². The molecular formula is C26H37N5O4. The number of hydrogen-bond donors (Lipinski definition) is 1. The highest BCUT2D eigenvalue weighted by atomic mass is 16.5. The second kappa shape index (κ2) is 10.4. The zero-order chi connectivity index (χ0) is 24.3. The molecule has 0 radical (unpaired) electrons. The van der Waals surface area contributed by atoms with Crippen LogP contribution in [0.15, 0.2) is 30.3 Å². The van der Waals surface area contributed by atoms with Crippen molar-refractivity contribution < 1.29 is 19.1 Å². The highest BCUT2D eigenvalue weighted by Crippen LogP contribution is 2.39. The van der Waals surface area contributed by atoms with Crippen molar-refractivity contribution in [3.05, 3.63) is 30.3 Å². The fourth-order valence-electron chi connectivity index (χ4n) is 5.99. The van der Waals surface area contributed by atoms with Crippen LogP contribution in [-0.4, -0.2) is 96.7 Å². The topological polar surface area (TPSA) is 85.4 Å². The van der Waals surface area contributed by atoms with Gasteiger partial charge in [-0.15, -0.1) is 0 Å². The Morgan fingerprint density at radius 1 is 0.943 bits per heavy atom. The molecule has 1 aliphatic carbocycles. The summed E-state index contributed by atoms with van der Waals surface area (Å²) in [7, 11) is 0. The Bertz CT molecular complexity index is 906. The van der Waals surface area contributed by atoms with E-state index in [1.807, 2.05) is 35.2 Å². The number of nitrogens with zero attached hydrogens (tertiary/aromatic N) is 4. The van der Waals surface area contributed by atoms with Crippen LogP contribution in [0.4, 0.5) is 10.5 Å². The number of hydrogen-bond acceptors (Lipinski definition) is 5. The maximum absolute atomic E-state index is 13.8. The minimum atomic E-state index is -0.728. The Hall–Kier alpha value is -2.81. The molecule has 9 heteroatoms. The second-order valence-electron chi connectivity index (χ2n) is 10.2. The van der Waals surface area contributed by atoms with Crippen LogP contribution >= 0.6 is 0 Å². The number of carbonyl (C=O) groups excluding carboxylic acids is 3. The molecule has 1 spiro atoms. The molecule has 0 unspecified atom stereocenters. The Morgan fingerprint density at radius 2 is 1.63 bits per heavy atom. The van der Waals surface area contributed by atoms with Crippen molar-refractivity contribution in [1.29, 1.82) is 0 Å². The van der Waals surface area contributed by atoms with Crippen LogP contribution in [0, 0.1) is 0 Å². The van der Waals surface area contributed by atoms with E-state index >= 15 is 0 Å². The van der Waals surface area contributed by atoms with Gasteiger partial charge in [-0.05, 0) is 37.8 Å². The number of ether oxygens (including phenoxy) is 1. The highest BCUT2D eigenvalue weighted by molar-refractivity contribution is 5.96. The van der Waals surface area contributed by atoms with Gasteiger partial charge in [-0.25, -0.2) is 4.79 Å². The van der Waals surface area contributed by atoms with Crippen molar-refractivity contribution in [3.8, 4) is 0 Å². The molecule has 3 saturated heterocycles. The molecule has 3 aliphatic heterocycles. The van der Waals surface area contributed by atoms with Gasteiger partial charge in [0.2, 0.25) is 5.91 Å². The molecule has 0 atom stereocenters. The van der Waals surface area contributed by atoms with Crippen LogP contribution in [0.2, 0.25) is 0 Å². The molecule has 5 rings (SSSR count). The lowest BCUT2D eigenvalue weighted by Gasteiger charge is -2.43. The second-order valence-corrected chi connectivity index (χ2v) is 10.2. The zero-order valence-corrected chi connectivity index (χ0v) is 20.5. The van der Waals surface area contributed by atoms with Gasteiger partial charge in [0.05, 0.1) is 19.9 Å². The zero-order valence-electron chi connectivity index (χ0n) is 20.5. The van der Waals surface area contributed by atoms with E-state index in [2.05, 4.69) is 10.2 Å². The predicted octanol–water partition coefficient (Wildman–Crippen LogP) is 2.03. The number of anilines is 1. The van der Waals surface area contributed by atoms with E-state index in [-0.39, 0.29) is 30.4 Å². The summed E-state index contributed by atoms with van der Waals surface area (Å²) < 4.78 is 5.36. The van der Waals surface area contributed by atoms with Crippen LogP contribution in [-0.2, 0) is 14.3 Å². The molecule has 1 saturated carbocycles. The number of nitrogens with one attached hydrogen (secondary N) is 1. The molecule has 35 heavy (non-hydrogen) atoms. The van der Waals surface area contributed by atoms with Gasteiger partial charge in [0.15, 0.2) is 0 Å². The summed E-state index contributed by atoms with van der Waals surface area (Å²) in [6, 6.07) is 10.2. The summed E-state index contributed by atoms with van der Waals surface area (Å²) in [4.78, 5) is 47.2. The van der Waals surface area contributed by atoms with Gasteiger partial charge in [0.1, 0.15) is 12.1 Å². The third-order valence-electron chi connectivity index (χ3n) is 8.08. The van der Waals surface area contributed by atoms with E-state index in [1.165, 1.54) is 19.3 Å². The lowest BCUT2D eigenvalue weighted by Crippen LogP contribution is -2.59. The van der Waals surface area contributed by atoms with Crippen molar-refractivity contribution in [3.63, 3.8) is 0 Å². The SMILES string of the molecule is O=C(CN1CN(c2ccccc2)C2(CCN(C(=O)NC3CCCCC3)CC2)C1=O)N1CCOCC1. The van der Waals surface area contributed by atoms with Crippen LogP contribution in [0.3, 0.4) is 0 Å². The van der Waals surface area contributed by atoms with E-state index < -0.39 is 5.54 Å². The van der Waals surface area contributed by atoms with E-state index in [1.54, 1.807) is 9.80 Å². The van der Waals surface area contributed by atoms with E-state index in [9.17, 15) is 14.4 Å². The molecule has 4 aliphatic rings. The summed E-state index contributed by atoms with van der Waals surface area (Å²) in [5, 5.41) is 3.21. The fourth-order valence-corrected chi connectivity index (χ4v) is 5.99. The van der Waals surface area contributed by atoms with Gasteiger partial charge in [-0.3, -0.25) is 9.59 Å². The van der Waals surface area contributed by atoms with Gasteiger partial charge in [0.25, 0.3) is 5.91 Å². The number of para-hydroxylation sites is 1. The number of urea groups is 1. The summed E-state index contributed by atoms with van der Waals surface area (Å²) in [5.41, 5.74) is 0.246. The molecule has 1 aromatic carbocycles. The molecule has 4 fully saturated rings. The maximum Gasteiger partial charge on any atom is 0.317 e. The molecule has 0 aromatic heterocycles. The Balaban J connectivity index is 1.28. The molecule has 9 nitrogen and oxygen atoms in total. The predicted molar refractivity (Wildman–Crippen MR) is 132 cm³/mol. The molecule has 4 amide bonds. The third kappa shape index (κ3) is 4.96. The largest absolute Gasteiger partial charge is 0.378 e. The lowest BCUT2D eigenvalue weighted by molar-refractivity contribution is -0.143. The minimum Gasteiger partial charge on any atom is -0.378 e. The first-order valence-corrected chi connectivity index (χ1v) is 13.1. The van der Waals surface area contributed by atoms with Crippen molar-refractivity contribution in [2.75, 3.05) is 57.5 Å². The average molecular weight is 484 g/mol. The van der Waals surface area contributed by atoms with Crippen molar-refractivity contribution >= 4 is 23.5 Å². The van der Waals surface area contributed by atoms with E-state index in [0.29, 0.717) is 58.9 Å². The molecule has 1 aromatic rings. The fraction of sp³-hybridized carbons (Fsp3) is 0.654. The molecule has 3 heterocycles. The number of morpholine rings is 1. The molecule has 190 valence electrons. The molecule has 1 N–H and O–H groups in total. The standard InChI is InChI=1S/C26H37N5O4/c32-23(28-15-17-35-18-16-28)19-30-20-31(22-9-5-2-6-10-22)26(24(30)33)11-13-29(14-12-26)25(34)27-21-7-3-1-4-8-21/h2,5-6,9-10,21H,1,3-4,7-8,11-20H2,(H,27,34). The van der Waals surface area contributed by atoms with Gasteiger partial charge >= 0.3 is 6.03 Å². The number of piperidine rings is 1. The molecular weight excluding hydrogens is 446 g/mol. The number of likely N-dealkylation sites (tertiary alicyclic amines) is 1. The van der Waals surface area contributed by atoms with Gasteiger partial charge in [0, 0.05) is 37.9 Å². The van der Waals surface area contributed by atoms with E-state index in [0.717, 1.165) is 18.5 Å². The number of rotatable bonds is 4. The Kier molecular flexibility index (Phi) is 7.13. The minimum absolute atomic E-state index is 0.00435. The quantitative estimate of drug-likeness (QED) is 0.708. The number of carbonyl (C=O) groups is 3. The Morgan fingerprint density at radius 3 is 2.31 bits per heavy atom. The number of benzene rings is 1. The van der Waals surface area contributed by atoms with Crippen LogP contribution in [0.25, 0.3) is 0 Å². The summed E-state index contributed by atoms with van der Waals surface area (Å²) in [6.45, 7) is 3.73. The van der Waals surface area contributed by atoms with Gasteiger partial charge < -0.3 is 29.7 Å². The van der Waals surface area contributed by atoms with Crippen molar-refractivity contribution in [1.82, 2.24) is 20.0 Å². The monoisotopic (exact) mass is 483 g/mol. The van der Waals surface area contributed by atoms with Gasteiger partial charge in [-0.1, -0.05) is 37.5 Å². The van der Waals surface area contributed by atoms with Crippen molar-refractivity contribution in [2.24, 2.45) is 0 Å². The summed E-state index contributed by atoms with van der Waals surface area (Å²) in [5.74, 6) is -0.0358.